The van der Waals surface area contributed by atoms with Gasteiger partial charge in [0, 0.05) is 12.5 Å². The molecule has 2 heteroatoms. The zero-order chi connectivity index (χ0) is 10.8. The van der Waals surface area contributed by atoms with E-state index >= 15 is 0 Å². The van der Waals surface area contributed by atoms with Crippen molar-refractivity contribution in [1.29, 1.82) is 0 Å². The summed E-state index contributed by atoms with van der Waals surface area (Å²) in [5, 5.41) is 0. The van der Waals surface area contributed by atoms with Gasteiger partial charge in [0.05, 0.1) is 11.0 Å². The molecule has 1 saturated carbocycles. The second-order valence-electron chi connectivity index (χ2n) is 5.75. The lowest BCUT2D eigenvalue weighted by molar-refractivity contribution is -0.158. The summed E-state index contributed by atoms with van der Waals surface area (Å²) in [5.74, 6) is 1.44. The van der Waals surface area contributed by atoms with Crippen LogP contribution < -0.4 is 0 Å². The summed E-state index contributed by atoms with van der Waals surface area (Å²) in [6, 6.07) is 0. The molecule has 0 amide bonds. The van der Waals surface area contributed by atoms with Gasteiger partial charge < -0.3 is 4.74 Å². The van der Waals surface area contributed by atoms with E-state index in [9.17, 15) is 4.79 Å². The van der Waals surface area contributed by atoms with Crippen LogP contribution in [-0.4, -0.2) is 18.0 Å². The van der Waals surface area contributed by atoms with Gasteiger partial charge in [-0.1, -0.05) is 6.08 Å². The van der Waals surface area contributed by atoms with Crippen molar-refractivity contribution in [3.8, 4) is 0 Å². The lowest BCUT2D eigenvalue weighted by Gasteiger charge is -2.47. The van der Waals surface area contributed by atoms with E-state index in [0.717, 1.165) is 25.0 Å². The van der Waals surface area contributed by atoms with Crippen molar-refractivity contribution in [2.75, 3.05) is 6.61 Å². The summed E-state index contributed by atoms with van der Waals surface area (Å²) in [6.45, 7) is 7.02. The van der Waals surface area contributed by atoms with Crippen LogP contribution in [0.1, 0.15) is 33.6 Å². The second kappa shape index (κ2) is 2.54. The highest BCUT2D eigenvalue weighted by Crippen LogP contribution is 2.62. The third-order valence-corrected chi connectivity index (χ3v) is 5.09. The van der Waals surface area contributed by atoms with Crippen LogP contribution in [-0.2, 0) is 9.53 Å². The fraction of sp³-hybridized carbons (Fsp3) is 0.769. The maximum Gasteiger partial charge on any atom is 0.167 e. The van der Waals surface area contributed by atoms with E-state index in [1.54, 1.807) is 0 Å². The fourth-order valence-corrected chi connectivity index (χ4v) is 4.02. The summed E-state index contributed by atoms with van der Waals surface area (Å²) in [4.78, 5) is 12.3. The van der Waals surface area contributed by atoms with Crippen LogP contribution >= 0.6 is 0 Å². The third-order valence-electron chi connectivity index (χ3n) is 5.09. The molecule has 3 rings (SSSR count). The zero-order valence-corrected chi connectivity index (χ0v) is 9.67. The first-order valence-corrected chi connectivity index (χ1v) is 5.86. The lowest BCUT2D eigenvalue weighted by atomic mass is 9.65. The Morgan fingerprint density at radius 2 is 2.20 bits per heavy atom. The smallest absolute Gasteiger partial charge is 0.167 e. The number of Topliss-reactive ketones (excluding diaryl/α,β-unsaturated/α-hetero) is 1. The topological polar surface area (TPSA) is 26.3 Å². The van der Waals surface area contributed by atoms with Crippen LogP contribution in [0.5, 0.6) is 0 Å². The van der Waals surface area contributed by atoms with Crippen LogP contribution in [0.2, 0.25) is 0 Å². The number of ketones is 1. The number of carbonyl (C=O) groups is 1. The number of hydrogen-bond donors (Lipinski definition) is 0. The number of allylic oxidation sites excluding steroid dienone is 1. The van der Waals surface area contributed by atoms with E-state index in [1.807, 2.05) is 6.92 Å². The molecule has 2 aliphatic carbocycles. The zero-order valence-electron chi connectivity index (χ0n) is 9.67. The molecule has 82 valence electrons. The Kier molecular flexibility index (Phi) is 1.62. The molecule has 2 fully saturated rings. The maximum absolute atomic E-state index is 12.3. The molecular weight excluding hydrogens is 188 g/mol. The minimum atomic E-state index is -0.266. The number of carbonyl (C=O) groups excluding carboxylic acids is 1. The van der Waals surface area contributed by atoms with Crippen molar-refractivity contribution in [3.63, 3.8) is 0 Å². The van der Waals surface area contributed by atoms with Gasteiger partial charge in [0.2, 0.25) is 0 Å². The SMILES string of the molecule is CC1=C[C@H]2[C@@H]3CCO[C@@]2(C)[C@@](C)(C3)C1=O. The van der Waals surface area contributed by atoms with Gasteiger partial charge in [-0.3, -0.25) is 4.79 Å². The molecule has 3 aliphatic rings. The Labute approximate surface area is 90.7 Å². The highest BCUT2D eigenvalue weighted by molar-refractivity contribution is 6.01. The molecule has 0 spiro atoms. The Hall–Kier alpha value is -0.630. The van der Waals surface area contributed by atoms with Gasteiger partial charge in [0.25, 0.3) is 0 Å². The predicted octanol–water partition coefficient (Wildman–Crippen LogP) is 2.34. The Morgan fingerprint density at radius 1 is 1.47 bits per heavy atom. The molecular formula is C13H18O2. The summed E-state index contributed by atoms with van der Waals surface area (Å²) in [7, 11) is 0. The molecule has 2 nitrogen and oxygen atoms in total. The summed E-state index contributed by atoms with van der Waals surface area (Å²) in [5.41, 5.74) is 0.456. The highest BCUT2D eigenvalue weighted by Gasteiger charge is 2.66. The van der Waals surface area contributed by atoms with E-state index in [0.29, 0.717) is 17.6 Å². The van der Waals surface area contributed by atoms with Crippen molar-refractivity contribution in [2.45, 2.75) is 39.2 Å². The molecule has 0 aromatic heterocycles. The molecule has 1 aliphatic heterocycles. The first kappa shape index (κ1) is 9.59. The number of rotatable bonds is 0. The van der Waals surface area contributed by atoms with Crippen LogP contribution in [0.4, 0.5) is 0 Å². The summed E-state index contributed by atoms with van der Waals surface area (Å²) in [6.07, 6.45) is 4.30. The lowest BCUT2D eigenvalue weighted by Crippen LogP contribution is -2.54. The molecule has 0 radical (unpaired) electrons. The van der Waals surface area contributed by atoms with E-state index in [-0.39, 0.29) is 11.0 Å². The standard InChI is InChI=1S/C13H18O2/c1-8-6-10-9-4-5-15-13(10,3)12(2,7-9)11(8)14/h6,9-10H,4-5,7H2,1-3H3/t9-,10+,12+,13-/m1/s1. The average Bonchev–Trinajstić information content (AvgIpc) is 2.31. The van der Waals surface area contributed by atoms with Gasteiger partial charge in [0.15, 0.2) is 5.78 Å². The molecule has 0 aromatic carbocycles. The van der Waals surface area contributed by atoms with E-state index < -0.39 is 0 Å². The summed E-state index contributed by atoms with van der Waals surface area (Å²) >= 11 is 0. The van der Waals surface area contributed by atoms with Crippen molar-refractivity contribution in [3.05, 3.63) is 11.6 Å². The second-order valence-corrected chi connectivity index (χ2v) is 5.75. The largest absolute Gasteiger partial charge is 0.374 e. The van der Waals surface area contributed by atoms with E-state index in [2.05, 4.69) is 19.9 Å². The van der Waals surface area contributed by atoms with Crippen LogP contribution in [0.3, 0.4) is 0 Å². The monoisotopic (exact) mass is 206 g/mol. The van der Waals surface area contributed by atoms with Crippen molar-refractivity contribution in [2.24, 2.45) is 17.3 Å². The molecule has 0 aromatic rings. The van der Waals surface area contributed by atoms with Gasteiger partial charge in [-0.05, 0) is 45.1 Å². The quantitative estimate of drug-likeness (QED) is 0.608. The Balaban J connectivity index is 2.20. The average molecular weight is 206 g/mol. The number of hydrogen-bond acceptors (Lipinski definition) is 2. The summed E-state index contributed by atoms with van der Waals surface area (Å²) < 4.78 is 5.98. The van der Waals surface area contributed by atoms with Gasteiger partial charge >= 0.3 is 0 Å². The first-order chi connectivity index (χ1) is 6.99. The minimum absolute atomic E-state index is 0.230. The van der Waals surface area contributed by atoms with Crippen molar-refractivity contribution >= 4 is 5.78 Å². The Bertz CT molecular complexity index is 371. The molecule has 4 atom stereocenters. The molecule has 1 saturated heterocycles. The van der Waals surface area contributed by atoms with E-state index in [4.69, 9.17) is 4.74 Å². The normalized spacial score (nSPS) is 53.0. The predicted molar refractivity (Wildman–Crippen MR) is 57.4 cm³/mol. The van der Waals surface area contributed by atoms with Gasteiger partial charge in [-0.2, -0.15) is 0 Å². The first-order valence-electron chi connectivity index (χ1n) is 5.86. The van der Waals surface area contributed by atoms with E-state index in [1.165, 1.54) is 0 Å². The van der Waals surface area contributed by atoms with Crippen molar-refractivity contribution in [1.82, 2.24) is 0 Å². The molecule has 4 bridgehead atoms. The molecule has 15 heavy (non-hydrogen) atoms. The third kappa shape index (κ3) is 0.878. The van der Waals surface area contributed by atoms with Crippen LogP contribution in [0, 0.1) is 17.3 Å². The Morgan fingerprint density at radius 3 is 2.93 bits per heavy atom. The van der Waals surface area contributed by atoms with Crippen LogP contribution in [0.25, 0.3) is 0 Å². The molecule has 0 unspecified atom stereocenters. The molecule has 1 heterocycles. The molecule has 0 N–H and O–H groups in total. The van der Waals surface area contributed by atoms with Crippen LogP contribution in [0.15, 0.2) is 11.6 Å². The van der Waals surface area contributed by atoms with Gasteiger partial charge in [0.1, 0.15) is 0 Å². The number of ether oxygens (including phenoxy) is 1. The minimum Gasteiger partial charge on any atom is -0.374 e. The van der Waals surface area contributed by atoms with Crippen molar-refractivity contribution < 1.29 is 9.53 Å². The van der Waals surface area contributed by atoms with Gasteiger partial charge in [-0.15, -0.1) is 0 Å². The van der Waals surface area contributed by atoms with Gasteiger partial charge in [-0.25, -0.2) is 0 Å². The maximum atomic E-state index is 12.3. The highest BCUT2D eigenvalue weighted by atomic mass is 16.5. The fourth-order valence-electron chi connectivity index (χ4n) is 4.02.